The number of nitrogens with one attached hydrogen (secondary N) is 1. The molecule has 0 aromatic carbocycles. The summed E-state index contributed by atoms with van der Waals surface area (Å²) in [6.45, 7) is 0.396. The van der Waals surface area contributed by atoms with E-state index in [1.165, 1.54) is 12.1 Å². The van der Waals surface area contributed by atoms with Crippen LogP contribution in [0.15, 0.2) is 28.9 Å². The first-order chi connectivity index (χ1) is 9.08. The van der Waals surface area contributed by atoms with E-state index in [1.54, 1.807) is 6.20 Å². The quantitative estimate of drug-likeness (QED) is 0.826. The molecule has 1 amide bonds. The predicted octanol–water partition coefficient (Wildman–Crippen LogP) is 0.684. The molecule has 2 aromatic rings. The van der Waals surface area contributed by atoms with Crippen molar-refractivity contribution in [3.05, 3.63) is 41.9 Å². The number of amides is 1. The number of hydrogen-bond donors (Lipinski definition) is 2. The topological polar surface area (TPSA) is 97.4 Å². The molecule has 2 aromatic heterocycles. The molecule has 7 heteroatoms. The molecule has 0 radical (unpaired) electrons. The van der Waals surface area contributed by atoms with Crippen LogP contribution in [0.3, 0.4) is 0 Å². The van der Waals surface area contributed by atoms with E-state index in [4.69, 9.17) is 9.52 Å². The fourth-order valence-electron chi connectivity index (χ4n) is 1.59. The minimum atomic E-state index is -1.20. The Bertz CT molecular complexity index is 600. The summed E-state index contributed by atoms with van der Waals surface area (Å²) in [5.41, 5.74) is 0. The summed E-state index contributed by atoms with van der Waals surface area (Å²) in [5, 5.41) is 11.3. The van der Waals surface area contributed by atoms with Crippen molar-refractivity contribution in [1.82, 2.24) is 14.9 Å². The monoisotopic (exact) mass is 263 g/mol. The largest absolute Gasteiger partial charge is 0.475 e. The number of nitrogens with zero attached hydrogens (tertiary/aromatic N) is 2. The van der Waals surface area contributed by atoms with Crippen LogP contribution < -0.4 is 5.32 Å². The Labute approximate surface area is 108 Å². The van der Waals surface area contributed by atoms with Crippen LogP contribution >= 0.6 is 0 Å². The molecular formula is C12H13N3O4. The molecule has 0 bridgehead atoms. The first-order valence-electron chi connectivity index (χ1n) is 5.65. The van der Waals surface area contributed by atoms with E-state index >= 15 is 0 Å². The molecule has 0 saturated carbocycles. The van der Waals surface area contributed by atoms with Gasteiger partial charge in [0.25, 0.3) is 5.91 Å². The number of carbonyl (C=O) groups excluding carboxylic acids is 1. The van der Waals surface area contributed by atoms with Gasteiger partial charge in [0, 0.05) is 32.4 Å². The van der Waals surface area contributed by atoms with E-state index in [2.05, 4.69) is 10.3 Å². The third-order valence-electron chi connectivity index (χ3n) is 2.60. The molecule has 0 aliphatic heterocycles. The number of imidazole rings is 1. The minimum absolute atomic E-state index is 0.0164. The number of aromatic carboxylic acids is 1. The summed E-state index contributed by atoms with van der Waals surface area (Å²) in [7, 11) is 1.87. The number of aromatic nitrogens is 2. The van der Waals surface area contributed by atoms with Crippen molar-refractivity contribution in [2.75, 3.05) is 6.54 Å². The van der Waals surface area contributed by atoms with Crippen LogP contribution in [0.1, 0.15) is 26.9 Å². The van der Waals surface area contributed by atoms with Crippen LogP contribution in [0.2, 0.25) is 0 Å². The van der Waals surface area contributed by atoms with Crippen molar-refractivity contribution >= 4 is 11.9 Å². The molecule has 2 rings (SSSR count). The van der Waals surface area contributed by atoms with E-state index < -0.39 is 11.9 Å². The van der Waals surface area contributed by atoms with Crippen molar-refractivity contribution < 1.29 is 19.1 Å². The fraction of sp³-hybridized carbons (Fsp3) is 0.250. The third kappa shape index (κ3) is 3.01. The number of hydrogen-bond acceptors (Lipinski definition) is 4. The molecule has 2 N–H and O–H groups in total. The van der Waals surface area contributed by atoms with Gasteiger partial charge in [-0.25, -0.2) is 9.78 Å². The summed E-state index contributed by atoms with van der Waals surface area (Å²) >= 11 is 0. The molecule has 0 spiro atoms. The number of rotatable bonds is 5. The van der Waals surface area contributed by atoms with Crippen molar-refractivity contribution in [2.24, 2.45) is 7.05 Å². The second-order valence-corrected chi connectivity index (χ2v) is 3.93. The molecule has 100 valence electrons. The maximum absolute atomic E-state index is 11.7. The second kappa shape index (κ2) is 5.38. The lowest BCUT2D eigenvalue weighted by atomic mass is 10.3. The number of carbonyl (C=O) groups is 2. The summed E-state index contributed by atoms with van der Waals surface area (Å²) < 4.78 is 6.75. The van der Waals surface area contributed by atoms with E-state index in [-0.39, 0.29) is 11.5 Å². The Hall–Kier alpha value is -2.57. The van der Waals surface area contributed by atoms with Crippen LogP contribution in [-0.4, -0.2) is 33.1 Å². The number of furan rings is 1. The zero-order valence-corrected chi connectivity index (χ0v) is 10.3. The van der Waals surface area contributed by atoms with Crippen molar-refractivity contribution in [1.29, 1.82) is 0 Å². The van der Waals surface area contributed by atoms with Gasteiger partial charge in [0.15, 0.2) is 5.76 Å². The maximum Gasteiger partial charge on any atom is 0.371 e. The van der Waals surface area contributed by atoms with Gasteiger partial charge in [-0.15, -0.1) is 0 Å². The normalized spacial score (nSPS) is 10.4. The number of carboxylic acids is 1. The SMILES string of the molecule is Cn1ccnc1CCNC(=O)c1ccc(C(=O)O)o1. The smallest absolute Gasteiger partial charge is 0.371 e. The number of aryl methyl sites for hydroxylation is 1. The molecular weight excluding hydrogens is 250 g/mol. The Morgan fingerprint density at radius 1 is 1.42 bits per heavy atom. The highest BCUT2D eigenvalue weighted by Crippen LogP contribution is 2.07. The minimum Gasteiger partial charge on any atom is -0.475 e. The lowest BCUT2D eigenvalue weighted by molar-refractivity contribution is 0.0659. The predicted molar refractivity (Wildman–Crippen MR) is 64.9 cm³/mol. The van der Waals surface area contributed by atoms with Gasteiger partial charge in [-0.3, -0.25) is 4.79 Å². The summed E-state index contributed by atoms with van der Waals surface area (Å²) in [6, 6.07) is 2.58. The maximum atomic E-state index is 11.7. The molecule has 7 nitrogen and oxygen atoms in total. The Morgan fingerprint density at radius 3 is 2.74 bits per heavy atom. The molecule has 0 atom stereocenters. The molecule has 0 aliphatic carbocycles. The number of carboxylic acid groups (broad SMARTS) is 1. The van der Waals surface area contributed by atoms with Crippen molar-refractivity contribution in [2.45, 2.75) is 6.42 Å². The highest BCUT2D eigenvalue weighted by Gasteiger charge is 2.14. The van der Waals surface area contributed by atoms with E-state index in [9.17, 15) is 9.59 Å². The summed E-state index contributed by atoms with van der Waals surface area (Å²) in [4.78, 5) is 26.4. The van der Waals surface area contributed by atoms with Gasteiger partial charge in [0.05, 0.1) is 0 Å². The van der Waals surface area contributed by atoms with Crippen LogP contribution in [-0.2, 0) is 13.5 Å². The zero-order valence-electron chi connectivity index (χ0n) is 10.3. The summed E-state index contributed by atoms with van der Waals surface area (Å²) in [5.74, 6) is -1.06. The van der Waals surface area contributed by atoms with E-state index in [0.29, 0.717) is 13.0 Å². The van der Waals surface area contributed by atoms with Gasteiger partial charge in [-0.1, -0.05) is 0 Å². The van der Waals surface area contributed by atoms with Gasteiger partial charge < -0.3 is 19.4 Å². The van der Waals surface area contributed by atoms with E-state index in [0.717, 1.165) is 5.82 Å². The van der Waals surface area contributed by atoms with Gasteiger partial charge in [-0.05, 0) is 12.1 Å². The van der Waals surface area contributed by atoms with Crippen LogP contribution in [0.5, 0.6) is 0 Å². The molecule has 2 heterocycles. The zero-order chi connectivity index (χ0) is 13.8. The highest BCUT2D eigenvalue weighted by atomic mass is 16.4. The van der Waals surface area contributed by atoms with Crippen molar-refractivity contribution in [3.8, 4) is 0 Å². The lowest BCUT2D eigenvalue weighted by Gasteiger charge is -2.03. The Balaban J connectivity index is 1.87. The summed E-state index contributed by atoms with van der Waals surface area (Å²) in [6.07, 6.45) is 4.09. The Kier molecular flexibility index (Phi) is 3.65. The average Bonchev–Trinajstić information content (AvgIpc) is 2.98. The molecule has 19 heavy (non-hydrogen) atoms. The highest BCUT2D eigenvalue weighted by molar-refractivity contribution is 5.93. The van der Waals surface area contributed by atoms with Crippen LogP contribution in [0, 0.1) is 0 Å². The lowest BCUT2D eigenvalue weighted by Crippen LogP contribution is -2.26. The molecule has 0 aliphatic rings. The van der Waals surface area contributed by atoms with Gasteiger partial charge >= 0.3 is 5.97 Å². The molecule has 0 fully saturated rings. The third-order valence-corrected chi connectivity index (χ3v) is 2.60. The second-order valence-electron chi connectivity index (χ2n) is 3.93. The van der Waals surface area contributed by atoms with E-state index in [1.807, 2.05) is 17.8 Å². The van der Waals surface area contributed by atoms with Gasteiger partial charge in [0.2, 0.25) is 5.76 Å². The van der Waals surface area contributed by atoms with Crippen LogP contribution in [0.4, 0.5) is 0 Å². The fourth-order valence-corrected chi connectivity index (χ4v) is 1.59. The van der Waals surface area contributed by atoms with Gasteiger partial charge in [0.1, 0.15) is 5.82 Å². The first kappa shape index (κ1) is 12.9. The molecule has 0 saturated heterocycles. The average molecular weight is 263 g/mol. The standard InChI is InChI=1S/C12H13N3O4/c1-15-7-6-13-10(15)4-5-14-11(16)8-2-3-9(19-8)12(17)18/h2-3,6-7H,4-5H2,1H3,(H,14,16)(H,17,18). The Morgan fingerprint density at radius 2 is 2.16 bits per heavy atom. The van der Waals surface area contributed by atoms with Crippen molar-refractivity contribution in [3.63, 3.8) is 0 Å². The first-order valence-corrected chi connectivity index (χ1v) is 5.65. The van der Waals surface area contributed by atoms with Crippen LogP contribution in [0.25, 0.3) is 0 Å². The van der Waals surface area contributed by atoms with Gasteiger partial charge in [-0.2, -0.15) is 0 Å². The molecule has 0 unspecified atom stereocenters.